The minimum atomic E-state index is 0.253. The molecule has 0 atom stereocenters. The van der Waals surface area contributed by atoms with Gasteiger partial charge in [-0.05, 0) is 12.1 Å². The van der Waals surface area contributed by atoms with Gasteiger partial charge >= 0.3 is 0 Å². The molecule has 6 heteroatoms. The molecule has 68 valence electrons. The van der Waals surface area contributed by atoms with Crippen LogP contribution in [0.2, 0.25) is 4.34 Å². The van der Waals surface area contributed by atoms with E-state index in [9.17, 15) is 0 Å². The number of rotatable bonds is 2. The summed E-state index contributed by atoms with van der Waals surface area (Å²) in [5.41, 5.74) is 0. The Morgan fingerprint density at radius 2 is 2.31 bits per heavy atom. The second-order valence-electron chi connectivity index (χ2n) is 2.25. The van der Waals surface area contributed by atoms with Crippen LogP contribution in [-0.2, 0) is 5.88 Å². The van der Waals surface area contributed by atoms with E-state index in [0.717, 1.165) is 4.88 Å². The Morgan fingerprint density at radius 1 is 1.46 bits per heavy atom. The molecule has 0 aromatic carbocycles. The predicted octanol–water partition coefficient (Wildman–Crippen LogP) is 3.19. The van der Waals surface area contributed by atoms with Gasteiger partial charge in [-0.15, -0.1) is 22.9 Å². The van der Waals surface area contributed by atoms with Crippen molar-refractivity contribution in [3.05, 3.63) is 22.3 Å². The lowest BCUT2D eigenvalue weighted by Gasteiger charge is -1.82. The van der Waals surface area contributed by atoms with Crippen molar-refractivity contribution >= 4 is 34.5 Å². The summed E-state index contributed by atoms with van der Waals surface area (Å²) in [7, 11) is 0. The number of aromatic nitrogens is 2. The first-order valence-corrected chi connectivity index (χ1v) is 5.17. The van der Waals surface area contributed by atoms with Crippen LogP contribution in [0.15, 0.2) is 16.7 Å². The Bertz CT molecular complexity index is 412. The third-order valence-corrected chi connectivity index (χ3v) is 2.83. The molecule has 0 radical (unpaired) electrons. The Morgan fingerprint density at radius 3 is 2.85 bits per heavy atom. The van der Waals surface area contributed by atoms with Gasteiger partial charge in [0, 0.05) is 0 Å². The van der Waals surface area contributed by atoms with Crippen molar-refractivity contribution in [1.82, 2.24) is 10.1 Å². The zero-order valence-corrected chi connectivity index (χ0v) is 8.66. The summed E-state index contributed by atoms with van der Waals surface area (Å²) in [6.45, 7) is 0. The number of halogens is 2. The van der Waals surface area contributed by atoms with Crippen molar-refractivity contribution < 1.29 is 4.52 Å². The van der Waals surface area contributed by atoms with E-state index < -0.39 is 0 Å². The van der Waals surface area contributed by atoms with Crippen molar-refractivity contribution in [1.29, 1.82) is 0 Å². The maximum Gasteiger partial charge on any atom is 0.268 e. The maximum absolute atomic E-state index is 5.75. The zero-order valence-electron chi connectivity index (χ0n) is 6.33. The van der Waals surface area contributed by atoms with Gasteiger partial charge in [-0.3, -0.25) is 0 Å². The Balaban J connectivity index is 2.35. The van der Waals surface area contributed by atoms with E-state index in [2.05, 4.69) is 10.1 Å². The molecule has 0 bridgehead atoms. The summed E-state index contributed by atoms with van der Waals surface area (Å²) in [5, 5.41) is 3.67. The van der Waals surface area contributed by atoms with Crippen LogP contribution >= 0.6 is 34.5 Å². The SMILES string of the molecule is ClCc1noc(-c2ccc(Cl)s2)n1. The van der Waals surface area contributed by atoms with Gasteiger partial charge in [0.25, 0.3) is 5.89 Å². The van der Waals surface area contributed by atoms with Crippen LogP contribution < -0.4 is 0 Å². The third-order valence-electron chi connectivity index (χ3n) is 1.37. The number of hydrogen-bond acceptors (Lipinski definition) is 4. The van der Waals surface area contributed by atoms with Gasteiger partial charge in [0.05, 0.1) is 15.1 Å². The maximum atomic E-state index is 5.75. The first kappa shape index (κ1) is 8.99. The largest absolute Gasteiger partial charge is 0.333 e. The lowest BCUT2D eigenvalue weighted by Crippen LogP contribution is -1.78. The highest BCUT2D eigenvalue weighted by molar-refractivity contribution is 7.19. The molecule has 0 N–H and O–H groups in total. The summed E-state index contributed by atoms with van der Waals surface area (Å²) in [6, 6.07) is 3.62. The Labute approximate surface area is 88.3 Å². The first-order chi connectivity index (χ1) is 6.29. The molecule has 2 heterocycles. The fraction of sp³-hybridized carbons (Fsp3) is 0.143. The van der Waals surface area contributed by atoms with Gasteiger partial charge in [-0.2, -0.15) is 4.98 Å². The van der Waals surface area contributed by atoms with Crippen LogP contribution in [0.1, 0.15) is 5.82 Å². The van der Waals surface area contributed by atoms with E-state index >= 15 is 0 Å². The van der Waals surface area contributed by atoms with E-state index in [-0.39, 0.29) is 5.88 Å². The highest BCUT2D eigenvalue weighted by atomic mass is 35.5. The van der Waals surface area contributed by atoms with Crippen LogP contribution in [0.3, 0.4) is 0 Å². The van der Waals surface area contributed by atoms with Gasteiger partial charge in [-0.25, -0.2) is 0 Å². The second-order valence-corrected chi connectivity index (χ2v) is 4.24. The molecule has 0 unspecified atom stereocenters. The fourth-order valence-electron chi connectivity index (χ4n) is 0.838. The van der Waals surface area contributed by atoms with Crippen LogP contribution in [-0.4, -0.2) is 10.1 Å². The summed E-state index contributed by atoms with van der Waals surface area (Å²) in [6.07, 6.45) is 0. The number of nitrogens with zero attached hydrogens (tertiary/aromatic N) is 2. The molecule has 0 aliphatic heterocycles. The van der Waals surface area contributed by atoms with Crippen molar-refractivity contribution in [2.45, 2.75) is 5.88 Å². The van der Waals surface area contributed by atoms with Crippen LogP contribution in [0.5, 0.6) is 0 Å². The molecule has 0 amide bonds. The Kier molecular flexibility index (Phi) is 2.53. The summed E-state index contributed by atoms with van der Waals surface area (Å²) < 4.78 is 5.66. The molecule has 3 nitrogen and oxygen atoms in total. The molecule has 0 saturated carbocycles. The van der Waals surface area contributed by atoms with Gasteiger partial charge in [0.15, 0.2) is 5.82 Å². The number of hydrogen-bond donors (Lipinski definition) is 0. The zero-order chi connectivity index (χ0) is 9.26. The molecule has 0 spiro atoms. The van der Waals surface area contributed by atoms with E-state index in [0.29, 0.717) is 16.1 Å². The number of thiophene rings is 1. The van der Waals surface area contributed by atoms with E-state index in [1.54, 1.807) is 6.07 Å². The molecule has 2 aromatic rings. The molecular formula is C7H4Cl2N2OS. The highest BCUT2D eigenvalue weighted by Gasteiger charge is 2.09. The molecule has 0 saturated heterocycles. The quantitative estimate of drug-likeness (QED) is 0.750. The van der Waals surface area contributed by atoms with Crippen LogP contribution in [0.4, 0.5) is 0 Å². The van der Waals surface area contributed by atoms with Gasteiger partial charge in [0.2, 0.25) is 0 Å². The number of alkyl halides is 1. The second kappa shape index (κ2) is 3.65. The average molecular weight is 235 g/mol. The monoisotopic (exact) mass is 234 g/mol. The molecule has 13 heavy (non-hydrogen) atoms. The standard InChI is InChI=1S/C7H4Cl2N2OS/c8-3-6-10-7(12-11-6)4-1-2-5(9)13-4/h1-2H,3H2. The average Bonchev–Trinajstić information content (AvgIpc) is 2.71. The lowest BCUT2D eigenvalue weighted by atomic mass is 10.5. The van der Waals surface area contributed by atoms with Crippen LogP contribution in [0.25, 0.3) is 10.8 Å². The summed E-state index contributed by atoms with van der Waals surface area (Å²) >= 11 is 12.7. The van der Waals surface area contributed by atoms with E-state index in [1.165, 1.54) is 11.3 Å². The van der Waals surface area contributed by atoms with Crippen molar-refractivity contribution in [2.75, 3.05) is 0 Å². The van der Waals surface area contributed by atoms with Crippen LogP contribution in [0, 0.1) is 0 Å². The lowest BCUT2D eigenvalue weighted by molar-refractivity contribution is 0.426. The topological polar surface area (TPSA) is 38.9 Å². The van der Waals surface area contributed by atoms with Crippen molar-refractivity contribution in [3.8, 4) is 10.8 Å². The highest BCUT2D eigenvalue weighted by Crippen LogP contribution is 2.29. The summed E-state index contributed by atoms with van der Waals surface area (Å²) in [5.74, 6) is 1.21. The molecule has 2 rings (SSSR count). The van der Waals surface area contributed by atoms with Gasteiger partial charge in [0.1, 0.15) is 0 Å². The fourth-order valence-corrected chi connectivity index (χ4v) is 1.91. The van der Waals surface area contributed by atoms with Crippen molar-refractivity contribution in [3.63, 3.8) is 0 Å². The van der Waals surface area contributed by atoms with E-state index in [1.807, 2.05) is 6.07 Å². The minimum absolute atomic E-state index is 0.253. The third kappa shape index (κ3) is 1.85. The Hall–Kier alpha value is -0.580. The molecular weight excluding hydrogens is 231 g/mol. The smallest absolute Gasteiger partial charge is 0.268 e. The molecule has 2 aromatic heterocycles. The van der Waals surface area contributed by atoms with E-state index in [4.69, 9.17) is 27.7 Å². The van der Waals surface area contributed by atoms with Gasteiger partial charge < -0.3 is 4.52 Å². The normalized spacial score (nSPS) is 10.6. The molecule has 0 fully saturated rings. The van der Waals surface area contributed by atoms with Gasteiger partial charge in [-0.1, -0.05) is 16.8 Å². The van der Waals surface area contributed by atoms with Crippen molar-refractivity contribution in [2.24, 2.45) is 0 Å². The predicted molar refractivity (Wildman–Crippen MR) is 52.2 cm³/mol. The minimum Gasteiger partial charge on any atom is -0.333 e. The first-order valence-electron chi connectivity index (χ1n) is 3.44. The molecule has 0 aliphatic carbocycles. The molecule has 0 aliphatic rings. The summed E-state index contributed by atoms with van der Waals surface area (Å²) in [4.78, 5) is 4.91.